The number of nitrogens with one attached hydrogen (secondary N) is 1. The summed E-state index contributed by atoms with van der Waals surface area (Å²) in [6.07, 6.45) is -0.411. The standard InChI is InChI=1S/C14H21BrN2O3/c1-19-12-2-3-13(15)14(8-12)16-9-11(18)10-17-4-6-20-7-5-17/h2-3,8,11,16,18H,4-7,9-10H2,1H3. The van der Waals surface area contributed by atoms with E-state index in [9.17, 15) is 5.11 Å². The third-order valence-corrected chi connectivity index (χ3v) is 3.97. The van der Waals surface area contributed by atoms with E-state index in [-0.39, 0.29) is 0 Å². The number of morpholine rings is 1. The van der Waals surface area contributed by atoms with E-state index in [1.165, 1.54) is 0 Å². The third-order valence-electron chi connectivity index (χ3n) is 3.27. The average Bonchev–Trinajstić information content (AvgIpc) is 2.47. The molecule has 1 aliphatic heterocycles. The number of β-amino-alcohol motifs (C(OH)–C–C–N with tert-alkyl or cyclic N) is 1. The second kappa shape index (κ2) is 7.83. The fourth-order valence-electron chi connectivity index (χ4n) is 2.14. The molecule has 0 bridgehead atoms. The van der Waals surface area contributed by atoms with E-state index in [1.54, 1.807) is 7.11 Å². The number of aliphatic hydroxyl groups excluding tert-OH is 1. The molecule has 1 fully saturated rings. The molecule has 1 aromatic carbocycles. The second-order valence-electron chi connectivity index (χ2n) is 4.79. The quantitative estimate of drug-likeness (QED) is 0.820. The Bertz CT molecular complexity index is 425. The van der Waals surface area contributed by atoms with Gasteiger partial charge in [-0.25, -0.2) is 0 Å². The minimum absolute atomic E-state index is 0.411. The Morgan fingerprint density at radius 2 is 2.20 bits per heavy atom. The Morgan fingerprint density at radius 1 is 1.45 bits per heavy atom. The molecule has 0 aromatic heterocycles. The highest BCUT2D eigenvalue weighted by Gasteiger charge is 2.15. The van der Waals surface area contributed by atoms with Crippen LogP contribution in [0.25, 0.3) is 0 Å². The Labute approximate surface area is 128 Å². The fourth-order valence-corrected chi connectivity index (χ4v) is 2.53. The zero-order valence-electron chi connectivity index (χ0n) is 11.6. The van der Waals surface area contributed by atoms with Crippen LogP contribution < -0.4 is 10.1 Å². The summed E-state index contributed by atoms with van der Waals surface area (Å²) in [7, 11) is 1.64. The van der Waals surface area contributed by atoms with Crippen LogP contribution in [0, 0.1) is 0 Å². The number of rotatable bonds is 6. The van der Waals surface area contributed by atoms with Crippen molar-refractivity contribution in [3.63, 3.8) is 0 Å². The summed E-state index contributed by atoms with van der Waals surface area (Å²) in [6.45, 7) is 4.45. The topological polar surface area (TPSA) is 54.0 Å². The number of anilines is 1. The van der Waals surface area contributed by atoms with Gasteiger partial charge < -0.3 is 19.9 Å². The van der Waals surface area contributed by atoms with Crippen LogP contribution in [0.1, 0.15) is 0 Å². The highest BCUT2D eigenvalue weighted by atomic mass is 79.9. The van der Waals surface area contributed by atoms with E-state index in [0.29, 0.717) is 13.1 Å². The SMILES string of the molecule is COc1ccc(Br)c(NCC(O)CN2CCOCC2)c1. The van der Waals surface area contributed by atoms with E-state index < -0.39 is 6.10 Å². The molecule has 0 saturated carbocycles. The summed E-state index contributed by atoms with van der Waals surface area (Å²) in [6, 6.07) is 5.72. The summed E-state index contributed by atoms with van der Waals surface area (Å²) in [4.78, 5) is 2.22. The molecule has 1 saturated heterocycles. The van der Waals surface area contributed by atoms with Crippen LogP contribution in [0.4, 0.5) is 5.69 Å². The fraction of sp³-hybridized carbons (Fsp3) is 0.571. The maximum absolute atomic E-state index is 10.1. The van der Waals surface area contributed by atoms with Gasteiger partial charge in [0.1, 0.15) is 5.75 Å². The maximum atomic E-state index is 10.1. The van der Waals surface area contributed by atoms with Gasteiger partial charge in [-0.3, -0.25) is 4.90 Å². The number of aliphatic hydroxyl groups is 1. The van der Waals surface area contributed by atoms with Gasteiger partial charge in [0.2, 0.25) is 0 Å². The van der Waals surface area contributed by atoms with Crippen LogP contribution in [0.3, 0.4) is 0 Å². The molecule has 1 unspecified atom stereocenters. The Hall–Kier alpha value is -0.820. The molecule has 0 amide bonds. The number of hydrogen-bond donors (Lipinski definition) is 2. The molecule has 0 spiro atoms. The number of benzene rings is 1. The molecule has 1 aromatic rings. The molecule has 5 nitrogen and oxygen atoms in total. The van der Waals surface area contributed by atoms with E-state index in [4.69, 9.17) is 9.47 Å². The van der Waals surface area contributed by atoms with Crippen molar-refractivity contribution in [2.24, 2.45) is 0 Å². The zero-order valence-corrected chi connectivity index (χ0v) is 13.2. The Morgan fingerprint density at radius 3 is 2.90 bits per heavy atom. The summed E-state index contributed by atoms with van der Waals surface area (Å²) < 4.78 is 11.4. The van der Waals surface area contributed by atoms with E-state index in [1.807, 2.05) is 18.2 Å². The molecule has 112 valence electrons. The van der Waals surface area contributed by atoms with Crippen molar-refractivity contribution in [2.75, 3.05) is 51.8 Å². The molecular weight excluding hydrogens is 324 g/mol. The van der Waals surface area contributed by atoms with Crippen LogP contribution in [0.5, 0.6) is 5.75 Å². The monoisotopic (exact) mass is 344 g/mol. The summed E-state index contributed by atoms with van der Waals surface area (Å²) in [5.74, 6) is 0.790. The highest BCUT2D eigenvalue weighted by Crippen LogP contribution is 2.26. The van der Waals surface area contributed by atoms with Crippen LogP contribution in [0.2, 0.25) is 0 Å². The van der Waals surface area contributed by atoms with Gasteiger partial charge in [-0.2, -0.15) is 0 Å². The molecule has 1 heterocycles. The lowest BCUT2D eigenvalue weighted by molar-refractivity contribution is 0.0171. The number of ether oxygens (including phenoxy) is 2. The Balaban J connectivity index is 1.81. The predicted molar refractivity (Wildman–Crippen MR) is 82.4 cm³/mol. The molecule has 0 aliphatic carbocycles. The largest absolute Gasteiger partial charge is 0.497 e. The first-order valence-corrected chi connectivity index (χ1v) is 7.54. The first-order valence-electron chi connectivity index (χ1n) is 6.74. The summed E-state index contributed by atoms with van der Waals surface area (Å²) in [5.41, 5.74) is 0.922. The molecule has 6 heteroatoms. The van der Waals surface area contributed by atoms with Gasteiger partial charge in [0.15, 0.2) is 0 Å². The van der Waals surface area contributed by atoms with Crippen molar-refractivity contribution in [1.29, 1.82) is 0 Å². The second-order valence-corrected chi connectivity index (χ2v) is 5.65. The minimum Gasteiger partial charge on any atom is -0.497 e. The molecule has 0 radical (unpaired) electrons. The van der Waals surface area contributed by atoms with E-state index in [0.717, 1.165) is 42.2 Å². The first kappa shape index (κ1) is 15.6. The lowest BCUT2D eigenvalue weighted by atomic mass is 10.2. The molecule has 2 N–H and O–H groups in total. The Kier molecular flexibility index (Phi) is 6.09. The van der Waals surface area contributed by atoms with Gasteiger partial charge in [0, 0.05) is 36.7 Å². The normalized spacial score (nSPS) is 17.8. The predicted octanol–water partition coefficient (Wildman–Crippen LogP) is 1.56. The third kappa shape index (κ3) is 4.63. The summed E-state index contributed by atoms with van der Waals surface area (Å²) in [5, 5.41) is 13.3. The lowest BCUT2D eigenvalue weighted by Gasteiger charge is -2.28. The van der Waals surface area contributed by atoms with Crippen LogP contribution in [-0.4, -0.2) is 62.6 Å². The van der Waals surface area contributed by atoms with Crippen LogP contribution >= 0.6 is 15.9 Å². The van der Waals surface area contributed by atoms with Crippen LogP contribution in [-0.2, 0) is 4.74 Å². The number of nitrogens with zero attached hydrogens (tertiary/aromatic N) is 1. The summed E-state index contributed by atoms with van der Waals surface area (Å²) >= 11 is 3.48. The van der Waals surface area contributed by atoms with Crippen LogP contribution in [0.15, 0.2) is 22.7 Å². The molecule has 20 heavy (non-hydrogen) atoms. The van der Waals surface area contributed by atoms with Gasteiger partial charge in [0.25, 0.3) is 0 Å². The molecule has 1 aliphatic rings. The van der Waals surface area contributed by atoms with Gasteiger partial charge in [-0.1, -0.05) is 0 Å². The first-order chi connectivity index (χ1) is 9.69. The number of hydrogen-bond acceptors (Lipinski definition) is 5. The average molecular weight is 345 g/mol. The highest BCUT2D eigenvalue weighted by molar-refractivity contribution is 9.10. The van der Waals surface area contributed by atoms with Crippen molar-refractivity contribution in [3.8, 4) is 5.75 Å². The van der Waals surface area contributed by atoms with Gasteiger partial charge in [0.05, 0.1) is 32.1 Å². The van der Waals surface area contributed by atoms with E-state index in [2.05, 4.69) is 26.1 Å². The molecular formula is C14H21BrN2O3. The van der Waals surface area contributed by atoms with Gasteiger partial charge in [-0.15, -0.1) is 0 Å². The van der Waals surface area contributed by atoms with Crippen molar-refractivity contribution in [3.05, 3.63) is 22.7 Å². The van der Waals surface area contributed by atoms with E-state index >= 15 is 0 Å². The lowest BCUT2D eigenvalue weighted by Crippen LogP contribution is -2.42. The minimum atomic E-state index is -0.411. The maximum Gasteiger partial charge on any atom is 0.121 e. The molecule has 1 atom stereocenters. The zero-order chi connectivity index (χ0) is 14.4. The number of halogens is 1. The van der Waals surface area contributed by atoms with Crippen molar-refractivity contribution in [1.82, 2.24) is 4.90 Å². The smallest absolute Gasteiger partial charge is 0.121 e. The van der Waals surface area contributed by atoms with Crippen molar-refractivity contribution >= 4 is 21.6 Å². The van der Waals surface area contributed by atoms with Crippen molar-refractivity contribution < 1.29 is 14.6 Å². The van der Waals surface area contributed by atoms with Gasteiger partial charge in [-0.05, 0) is 28.1 Å². The molecule has 2 rings (SSSR count). The van der Waals surface area contributed by atoms with Gasteiger partial charge >= 0.3 is 0 Å². The number of methoxy groups -OCH3 is 1. The van der Waals surface area contributed by atoms with Crippen molar-refractivity contribution in [2.45, 2.75) is 6.10 Å².